The SMILES string of the molecule is CC(C)(C)c1cc(-c2ccc3c4c5c6ccc(-n7c8ccccc8c8ccccc87)cc6n6c7cc(-c8cc(C(C)(C)C)cc(C(C)(C)C)c8)ccc7c(c7c8ccc(-n9c%10ccccc%10c%10ccccc%109)cc8n(c3c2)c47)c56)cc(C(C)(C)C)c1. The van der Waals surface area contributed by atoms with Crippen LogP contribution in [0.1, 0.15) is 105 Å². The first-order valence-corrected chi connectivity index (χ1v) is 30.9. The maximum absolute atomic E-state index is 2.67. The highest BCUT2D eigenvalue weighted by atomic mass is 15.0. The van der Waals surface area contributed by atoms with Crippen molar-refractivity contribution in [1.29, 1.82) is 0 Å². The Hall–Kier alpha value is -9.38. The highest BCUT2D eigenvalue weighted by molar-refractivity contribution is 6.45. The van der Waals surface area contributed by atoms with Crippen LogP contribution in [0, 0.1) is 0 Å². The van der Waals surface area contributed by atoms with Crippen LogP contribution in [-0.2, 0) is 21.7 Å². The summed E-state index contributed by atoms with van der Waals surface area (Å²) in [4.78, 5) is 0. The molecule has 4 heteroatoms. The molecule has 0 radical (unpaired) electrons. The van der Waals surface area contributed by atoms with E-state index >= 15 is 0 Å². The molecule has 6 heterocycles. The van der Waals surface area contributed by atoms with E-state index in [9.17, 15) is 0 Å². The smallest absolute Gasteiger partial charge is 0.0634 e. The Morgan fingerprint density at radius 2 is 0.488 bits per heavy atom. The van der Waals surface area contributed by atoms with Crippen LogP contribution in [0.15, 0.2) is 206 Å². The second kappa shape index (κ2) is 17.2. The Bertz CT molecular complexity index is 5210. The van der Waals surface area contributed by atoms with Gasteiger partial charge in [-0.3, -0.25) is 0 Å². The molecule has 17 rings (SSSR count). The molecule has 17 aromatic rings. The molecule has 0 unspecified atom stereocenters. The fourth-order valence-electron chi connectivity index (χ4n) is 15.0. The van der Waals surface area contributed by atoms with E-state index in [0.717, 1.165) is 11.4 Å². The summed E-state index contributed by atoms with van der Waals surface area (Å²) < 4.78 is 10.3. The lowest BCUT2D eigenvalue weighted by molar-refractivity contribution is 0.568. The fraction of sp³-hybridized carbons (Fsp3) is 0.195. The molecule has 0 aliphatic heterocycles. The summed E-state index contributed by atoms with van der Waals surface area (Å²) in [6, 6.07) is 79.7. The number of benzene rings is 11. The minimum absolute atomic E-state index is 0.0245. The van der Waals surface area contributed by atoms with Gasteiger partial charge in [-0.2, -0.15) is 0 Å². The maximum atomic E-state index is 2.67. The number of fused-ring (bicyclic) bond motifs is 20. The van der Waals surface area contributed by atoms with Crippen LogP contribution in [0.4, 0.5) is 0 Å². The van der Waals surface area contributed by atoms with Gasteiger partial charge in [0, 0.05) is 76.0 Å². The van der Waals surface area contributed by atoms with Gasteiger partial charge in [-0.25, -0.2) is 0 Å². The molecule has 418 valence electrons. The van der Waals surface area contributed by atoms with Crippen LogP contribution >= 0.6 is 0 Å². The third-order valence-electron chi connectivity index (χ3n) is 19.6. The van der Waals surface area contributed by atoms with Gasteiger partial charge in [0.15, 0.2) is 0 Å². The molecule has 0 aliphatic carbocycles. The number of aromatic nitrogens is 4. The molecule has 0 N–H and O–H groups in total. The number of rotatable bonds is 4. The molecule has 0 fully saturated rings. The van der Waals surface area contributed by atoms with E-state index in [1.165, 1.54) is 164 Å². The lowest BCUT2D eigenvalue weighted by Gasteiger charge is -2.26. The molecule has 0 atom stereocenters. The highest BCUT2D eigenvalue weighted by Gasteiger charge is 2.31. The van der Waals surface area contributed by atoms with Gasteiger partial charge in [-0.15, -0.1) is 0 Å². The molecular formula is C82H70N4. The monoisotopic (exact) mass is 1110 g/mol. The second-order valence-corrected chi connectivity index (χ2v) is 29.1. The van der Waals surface area contributed by atoms with Crippen molar-refractivity contribution in [3.63, 3.8) is 0 Å². The van der Waals surface area contributed by atoms with E-state index in [4.69, 9.17) is 0 Å². The first kappa shape index (κ1) is 51.1. The van der Waals surface area contributed by atoms with Crippen LogP contribution in [0.2, 0.25) is 0 Å². The summed E-state index contributed by atoms with van der Waals surface area (Å²) in [6.07, 6.45) is 0. The summed E-state index contributed by atoms with van der Waals surface area (Å²) in [6.45, 7) is 28.1. The van der Waals surface area contributed by atoms with E-state index in [-0.39, 0.29) is 21.7 Å². The number of hydrogen-bond donors (Lipinski definition) is 0. The van der Waals surface area contributed by atoms with E-state index in [0.29, 0.717) is 0 Å². The third kappa shape index (κ3) is 7.10. The largest absolute Gasteiger partial charge is 0.309 e. The van der Waals surface area contributed by atoms with Gasteiger partial charge >= 0.3 is 0 Å². The first-order valence-electron chi connectivity index (χ1n) is 30.9. The van der Waals surface area contributed by atoms with Gasteiger partial charge in [0.1, 0.15) is 0 Å². The molecule has 6 aromatic heterocycles. The van der Waals surface area contributed by atoms with Crippen molar-refractivity contribution >= 4 is 120 Å². The van der Waals surface area contributed by atoms with Crippen LogP contribution in [0.25, 0.3) is 153 Å². The number of nitrogens with zero attached hydrogens (tertiary/aromatic N) is 4. The Morgan fingerprint density at radius 3 is 0.779 bits per heavy atom. The zero-order chi connectivity index (χ0) is 58.8. The predicted octanol–water partition coefficient (Wildman–Crippen LogP) is 22.7. The Kier molecular flexibility index (Phi) is 10.2. The molecule has 0 amide bonds. The molecular weight excluding hydrogens is 1040 g/mol. The van der Waals surface area contributed by atoms with Crippen LogP contribution in [-0.4, -0.2) is 17.9 Å². The lowest BCUT2D eigenvalue weighted by Crippen LogP contribution is -2.16. The molecule has 0 saturated heterocycles. The standard InChI is InChI=1S/C82H70N4/c1-79(2,3)51-37-49(38-52(43-51)80(4,5)6)47-29-33-61-69(41-47)85-71-45-55(83-65-25-17-13-21-57(65)58-22-14-18-26-66(58)83)31-35-63(71)76-74-62-34-30-48(50-39-53(81(7,8)9)44-54(40-50)82(10,11)12)42-70(62)86-72-46-56(32-36-64(72)75(78(74)86)73(61)77(76)85)84-67-27-19-15-23-59(67)60-24-16-20-28-68(60)84/h13-46H,1-12H3. The Labute approximate surface area is 501 Å². The first-order chi connectivity index (χ1) is 41.2. The summed E-state index contributed by atoms with van der Waals surface area (Å²) in [5.41, 5.74) is 24.9. The third-order valence-corrected chi connectivity index (χ3v) is 19.6. The van der Waals surface area contributed by atoms with Gasteiger partial charge in [0.25, 0.3) is 0 Å². The number of para-hydroxylation sites is 4. The lowest BCUT2D eigenvalue weighted by atomic mass is 9.79. The van der Waals surface area contributed by atoms with Crippen molar-refractivity contribution in [2.75, 3.05) is 0 Å². The van der Waals surface area contributed by atoms with Crippen LogP contribution in [0.5, 0.6) is 0 Å². The molecule has 11 aromatic carbocycles. The fourth-order valence-corrected chi connectivity index (χ4v) is 15.0. The van der Waals surface area contributed by atoms with Crippen molar-refractivity contribution < 1.29 is 0 Å². The quantitative estimate of drug-likeness (QED) is 0.167. The van der Waals surface area contributed by atoms with Gasteiger partial charge in [0.05, 0.1) is 55.2 Å². The topological polar surface area (TPSA) is 18.7 Å². The molecule has 0 saturated carbocycles. The Balaban J connectivity index is 1.05. The summed E-state index contributed by atoms with van der Waals surface area (Å²) in [5, 5.41) is 15.3. The van der Waals surface area contributed by atoms with Crippen molar-refractivity contribution in [3.8, 4) is 33.6 Å². The zero-order valence-corrected chi connectivity index (χ0v) is 51.4. The Morgan fingerprint density at radius 1 is 0.221 bits per heavy atom. The van der Waals surface area contributed by atoms with E-state index in [1.807, 2.05) is 0 Å². The summed E-state index contributed by atoms with van der Waals surface area (Å²) in [7, 11) is 0. The molecule has 4 nitrogen and oxygen atoms in total. The average Bonchev–Trinajstić information content (AvgIpc) is 1.49. The van der Waals surface area contributed by atoms with Gasteiger partial charge in [0.2, 0.25) is 0 Å². The number of hydrogen-bond acceptors (Lipinski definition) is 0. The van der Waals surface area contributed by atoms with Crippen molar-refractivity contribution in [1.82, 2.24) is 17.9 Å². The van der Waals surface area contributed by atoms with Crippen LogP contribution < -0.4 is 0 Å². The van der Waals surface area contributed by atoms with E-state index < -0.39 is 0 Å². The summed E-state index contributed by atoms with van der Waals surface area (Å²) in [5.74, 6) is 0. The van der Waals surface area contributed by atoms with Gasteiger partial charge in [-0.05, 0) is 127 Å². The molecule has 86 heavy (non-hydrogen) atoms. The minimum Gasteiger partial charge on any atom is -0.309 e. The van der Waals surface area contributed by atoms with Crippen molar-refractivity contribution in [2.24, 2.45) is 0 Å². The summed E-state index contributed by atoms with van der Waals surface area (Å²) >= 11 is 0. The van der Waals surface area contributed by atoms with Gasteiger partial charge < -0.3 is 17.9 Å². The maximum Gasteiger partial charge on any atom is 0.0634 e. The zero-order valence-electron chi connectivity index (χ0n) is 51.4. The molecule has 0 aliphatic rings. The average molecular weight is 1110 g/mol. The van der Waals surface area contributed by atoms with Crippen molar-refractivity contribution in [3.05, 3.63) is 229 Å². The molecule has 0 spiro atoms. The van der Waals surface area contributed by atoms with Crippen LogP contribution in [0.3, 0.4) is 0 Å². The van der Waals surface area contributed by atoms with Crippen molar-refractivity contribution in [2.45, 2.75) is 105 Å². The van der Waals surface area contributed by atoms with E-state index in [2.05, 4.69) is 307 Å². The normalized spacial score (nSPS) is 13.3. The second-order valence-electron chi connectivity index (χ2n) is 29.1. The predicted molar refractivity (Wildman–Crippen MR) is 370 cm³/mol. The molecule has 0 bridgehead atoms. The highest BCUT2D eigenvalue weighted by Crippen LogP contribution is 2.54. The van der Waals surface area contributed by atoms with E-state index in [1.54, 1.807) is 0 Å². The van der Waals surface area contributed by atoms with Gasteiger partial charge in [-0.1, -0.05) is 229 Å². The minimum atomic E-state index is -0.0245.